The minimum Gasteiger partial charge on any atom is -0.483 e. The first-order valence-corrected chi connectivity index (χ1v) is 9.60. The molecule has 2 aromatic heterocycles. The monoisotopic (exact) mass is 397 g/mol. The van der Waals surface area contributed by atoms with Crippen molar-refractivity contribution in [3.8, 4) is 5.75 Å². The van der Waals surface area contributed by atoms with Crippen LogP contribution in [0.5, 0.6) is 5.75 Å². The zero-order valence-electron chi connectivity index (χ0n) is 15.5. The van der Waals surface area contributed by atoms with E-state index in [0.29, 0.717) is 29.5 Å². The molecule has 0 unspecified atom stereocenters. The fraction of sp³-hybridized carbons (Fsp3) is 0.263. The van der Waals surface area contributed by atoms with Gasteiger partial charge in [-0.05, 0) is 19.1 Å². The topological polar surface area (TPSA) is 89.4 Å². The van der Waals surface area contributed by atoms with E-state index < -0.39 is 0 Å². The van der Waals surface area contributed by atoms with Crippen molar-refractivity contribution in [3.63, 3.8) is 0 Å². The molecule has 144 valence electrons. The summed E-state index contributed by atoms with van der Waals surface area (Å²) in [5.41, 5.74) is 3.13. The van der Waals surface area contributed by atoms with Crippen LogP contribution in [0.15, 0.2) is 36.0 Å². The van der Waals surface area contributed by atoms with Gasteiger partial charge in [-0.1, -0.05) is 6.07 Å². The van der Waals surface area contributed by atoms with Crippen molar-refractivity contribution in [1.29, 1.82) is 0 Å². The highest BCUT2D eigenvalue weighted by Crippen LogP contribution is 2.26. The minimum atomic E-state index is -0.261. The normalized spacial score (nSPS) is 13.6. The molecule has 0 spiro atoms. The number of thiazole rings is 1. The van der Waals surface area contributed by atoms with Gasteiger partial charge in [0.25, 0.3) is 11.8 Å². The standard InChI is InChI=1S/C19H19N5O3S/c1-12-11-28-19(21-12)22-18(26)14-3-4-15-9-24(8-13-6-20-23(2)7-13)17(25)10-27-16(15)5-14/h3-7,11H,8-10H2,1-2H3,(H,21,22,26). The van der Waals surface area contributed by atoms with E-state index in [2.05, 4.69) is 15.4 Å². The Bertz CT molecular complexity index is 1040. The van der Waals surface area contributed by atoms with Crippen molar-refractivity contribution >= 4 is 28.3 Å². The van der Waals surface area contributed by atoms with Gasteiger partial charge in [-0.2, -0.15) is 5.10 Å². The van der Waals surface area contributed by atoms with Crippen molar-refractivity contribution in [2.24, 2.45) is 7.05 Å². The molecule has 1 N–H and O–H groups in total. The predicted octanol–water partition coefficient (Wildman–Crippen LogP) is 2.36. The number of amides is 2. The highest BCUT2D eigenvalue weighted by Gasteiger charge is 2.23. The molecular weight excluding hydrogens is 378 g/mol. The number of carbonyl (C=O) groups is 2. The van der Waals surface area contributed by atoms with Gasteiger partial charge in [0, 0.05) is 48.4 Å². The van der Waals surface area contributed by atoms with E-state index in [0.717, 1.165) is 16.8 Å². The molecule has 8 nitrogen and oxygen atoms in total. The number of hydrogen-bond acceptors (Lipinski definition) is 6. The number of fused-ring (bicyclic) bond motifs is 1. The van der Waals surface area contributed by atoms with Gasteiger partial charge < -0.3 is 9.64 Å². The summed E-state index contributed by atoms with van der Waals surface area (Å²) in [7, 11) is 1.84. The van der Waals surface area contributed by atoms with Crippen molar-refractivity contribution in [2.75, 3.05) is 11.9 Å². The molecule has 0 fully saturated rings. The van der Waals surface area contributed by atoms with Crippen molar-refractivity contribution in [1.82, 2.24) is 19.7 Å². The SMILES string of the molecule is Cc1csc(NC(=O)c2ccc3c(c2)OCC(=O)N(Cc2cnn(C)c2)C3)n1. The summed E-state index contributed by atoms with van der Waals surface area (Å²) in [6, 6.07) is 5.23. The Balaban J connectivity index is 1.51. The Hall–Kier alpha value is -3.20. The van der Waals surface area contributed by atoms with Gasteiger partial charge in [-0.3, -0.25) is 19.6 Å². The van der Waals surface area contributed by atoms with Crippen LogP contribution in [0.1, 0.15) is 27.2 Å². The molecule has 28 heavy (non-hydrogen) atoms. The van der Waals surface area contributed by atoms with Gasteiger partial charge in [0.2, 0.25) is 0 Å². The number of nitrogens with one attached hydrogen (secondary N) is 1. The summed E-state index contributed by atoms with van der Waals surface area (Å²) in [5.74, 6) is 0.179. The van der Waals surface area contributed by atoms with Crippen LogP contribution in [0.4, 0.5) is 5.13 Å². The van der Waals surface area contributed by atoms with Gasteiger partial charge in [0.15, 0.2) is 11.7 Å². The minimum absolute atomic E-state index is 0.0655. The first-order chi connectivity index (χ1) is 13.5. The number of ether oxygens (including phenoxy) is 1. The average molecular weight is 397 g/mol. The van der Waals surface area contributed by atoms with Crippen LogP contribution in [-0.2, 0) is 24.9 Å². The summed E-state index contributed by atoms with van der Waals surface area (Å²) in [5, 5.41) is 9.35. The Kier molecular flexibility index (Phi) is 4.82. The quantitative estimate of drug-likeness (QED) is 0.730. The van der Waals surface area contributed by atoms with E-state index >= 15 is 0 Å². The predicted molar refractivity (Wildman–Crippen MR) is 104 cm³/mol. The molecule has 4 rings (SSSR count). The fourth-order valence-electron chi connectivity index (χ4n) is 2.98. The number of aromatic nitrogens is 3. The van der Waals surface area contributed by atoms with E-state index in [9.17, 15) is 9.59 Å². The number of rotatable bonds is 4. The van der Waals surface area contributed by atoms with Crippen LogP contribution < -0.4 is 10.1 Å². The Morgan fingerprint density at radius 2 is 2.25 bits per heavy atom. The van der Waals surface area contributed by atoms with E-state index in [4.69, 9.17) is 4.74 Å². The fourth-order valence-corrected chi connectivity index (χ4v) is 3.67. The summed E-state index contributed by atoms with van der Waals surface area (Å²) >= 11 is 1.38. The van der Waals surface area contributed by atoms with Gasteiger partial charge in [0.05, 0.1) is 11.9 Å². The van der Waals surface area contributed by atoms with Gasteiger partial charge >= 0.3 is 0 Å². The highest BCUT2D eigenvalue weighted by molar-refractivity contribution is 7.13. The lowest BCUT2D eigenvalue weighted by molar-refractivity contribution is -0.133. The number of nitrogens with zero attached hydrogens (tertiary/aromatic N) is 4. The first kappa shape index (κ1) is 18.2. The third-order valence-corrected chi connectivity index (χ3v) is 5.24. The Morgan fingerprint density at radius 1 is 1.39 bits per heavy atom. The highest BCUT2D eigenvalue weighted by atomic mass is 32.1. The number of carbonyl (C=O) groups excluding carboxylic acids is 2. The molecule has 3 aromatic rings. The van der Waals surface area contributed by atoms with E-state index in [1.165, 1.54) is 11.3 Å². The van der Waals surface area contributed by atoms with Crippen molar-refractivity contribution < 1.29 is 14.3 Å². The molecule has 0 saturated heterocycles. The number of hydrogen-bond donors (Lipinski definition) is 1. The summed E-state index contributed by atoms with van der Waals surface area (Å²) in [4.78, 5) is 30.9. The average Bonchev–Trinajstić information content (AvgIpc) is 3.23. The Labute approximate surface area is 165 Å². The van der Waals surface area contributed by atoms with Crippen LogP contribution >= 0.6 is 11.3 Å². The molecule has 3 heterocycles. The van der Waals surface area contributed by atoms with Gasteiger partial charge in [-0.15, -0.1) is 11.3 Å². The summed E-state index contributed by atoms with van der Waals surface area (Å²) in [6.45, 7) is 2.68. The third-order valence-electron chi connectivity index (χ3n) is 4.37. The second-order valence-corrected chi connectivity index (χ2v) is 7.49. The molecule has 9 heteroatoms. The summed E-state index contributed by atoms with van der Waals surface area (Å²) < 4.78 is 7.38. The second kappa shape index (κ2) is 7.43. The van der Waals surface area contributed by atoms with Crippen LogP contribution in [0.2, 0.25) is 0 Å². The van der Waals surface area contributed by atoms with E-state index in [-0.39, 0.29) is 18.4 Å². The number of anilines is 1. The first-order valence-electron chi connectivity index (χ1n) is 8.72. The number of aryl methyl sites for hydroxylation is 2. The van der Waals surface area contributed by atoms with Crippen LogP contribution in [0, 0.1) is 6.92 Å². The molecule has 0 atom stereocenters. The van der Waals surface area contributed by atoms with Crippen LogP contribution in [-0.4, -0.2) is 38.1 Å². The maximum absolute atomic E-state index is 12.5. The lowest BCUT2D eigenvalue weighted by Crippen LogP contribution is -2.31. The largest absolute Gasteiger partial charge is 0.483 e. The molecule has 0 aliphatic carbocycles. The maximum atomic E-state index is 12.5. The molecule has 1 aromatic carbocycles. The zero-order valence-corrected chi connectivity index (χ0v) is 16.3. The third kappa shape index (κ3) is 3.89. The van der Waals surface area contributed by atoms with Crippen LogP contribution in [0.3, 0.4) is 0 Å². The lowest BCUT2D eigenvalue weighted by Gasteiger charge is -2.19. The molecule has 0 radical (unpaired) electrons. The molecule has 1 aliphatic rings. The van der Waals surface area contributed by atoms with Gasteiger partial charge in [-0.25, -0.2) is 4.98 Å². The Morgan fingerprint density at radius 3 is 2.96 bits per heavy atom. The molecule has 0 saturated carbocycles. The van der Waals surface area contributed by atoms with Gasteiger partial charge in [0.1, 0.15) is 5.75 Å². The number of benzene rings is 1. The van der Waals surface area contributed by atoms with Crippen LogP contribution in [0.25, 0.3) is 0 Å². The molecule has 2 amide bonds. The van der Waals surface area contributed by atoms with Crippen molar-refractivity contribution in [3.05, 3.63) is 58.4 Å². The summed E-state index contributed by atoms with van der Waals surface area (Å²) in [6.07, 6.45) is 3.63. The lowest BCUT2D eigenvalue weighted by atomic mass is 10.1. The second-order valence-electron chi connectivity index (χ2n) is 6.63. The van der Waals surface area contributed by atoms with E-state index in [1.54, 1.807) is 27.9 Å². The molecule has 1 aliphatic heterocycles. The smallest absolute Gasteiger partial charge is 0.261 e. The zero-order chi connectivity index (χ0) is 19.7. The van der Waals surface area contributed by atoms with E-state index in [1.807, 2.05) is 31.6 Å². The maximum Gasteiger partial charge on any atom is 0.261 e. The van der Waals surface area contributed by atoms with Crippen molar-refractivity contribution in [2.45, 2.75) is 20.0 Å². The molecule has 0 bridgehead atoms. The molecular formula is C19H19N5O3S.